The van der Waals surface area contributed by atoms with Crippen LogP contribution in [0.3, 0.4) is 0 Å². The molecule has 1 atom stereocenters. The fraction of sp³-hybridized carbons (Fsp3) is 0.286. The van der Waals surface area contributed by atoms with Gasteiger partial charge in [0.25, 0.3) is 5.91 Å². The van der Waals surface area contributed by atoms with Crippen molar-refractivity contribution >= 4 is 16.8 Å². The number of hydrogen-bond donors (Lipinski definition) is 3. The van der Waals surface area contributed by atoms with Crippen molar-refractivity contribution in [2.75, 3.05) is 6.54 Å². The summed E-state index contributed by atoms with van der Waals surface area (Å²) in [6.07, 6.45) is 3.73. The van der Waals surface area contributed by atoms with Crippen molar-refractivity contribution in [3.8, 4) is 0 Å². The number of aromatic amines is 1. The molecule has 3 aromatic rings. The lowest BCUT2D eigenvalue weighted by Gasteiger charge is -2.18. The molecule has 4 rings (SSSR count). The highest BCUT2D eigenvalue weighted by Crippen LogP contribution is 2.29. The number of amides is 1. The molecule has 0 saturated heterocycles. The van der Waals surface area contributed by atoms with Gasteiger partial charge in [-0.2, -0.15) is 0 Å². The topological polar surface area (TPSA) is 70.9 Å². The fourth-order valence-corrected chi connectivity index (χ4v) is 3.65. The standard InChI is InChI=1S/C21H23N3O/c22-16-7-9-20-18(13-16)17-12-15(6-8-19(17)24-20)21(25)23-11-10-14-4-2-1-3-5-14/h1-6,8,12,16,24H,7,9-11,13,22H2,(H,23,25). The number of carbonyl (C=O) groups excluding carboxylic acids is 1. The molecule has 0 saturated carbocycles. The Labute approximate surface area is 147 Å². The van der Waals surface area contributed by atoms with Gasteiger partial charge in [-0.15, -0.1) is 0 Å². The quantitative estimate of drug-likeness (QED) is 0.687. The maximum Gasteiger partial charge on any atom is 0.251 e. The van der Waals surface area contributed by atoms with Crippen molar-refractivity contribution in [2.24, 2.45) is 5.73 Å². The monoisotopic (exact) mass is 333 g/mol. The van der Waals surface area contributed by atoms with E-state index in [1.54, 1.807) is 0 Å². The zero-order valence-electron chi connectivity index (χ0n) is 14.2. The van der Waals surface area contributed by atoms with Crippen LogP contribution in [0.5, 0.6) is 0 Å². The van der Waals surface area contributed by atoms with Crippen LogP contribution in [0.2, 0.25) is 0 Å². The number of aromatic nitrogens is 1. The Morgan fingerprint density at radius 1 is 1.20 bits per heavy atom. The Morgan fingerprint density at radius 2 is 2.04 bits per heavy atom. The van der Waals surface area contributed by atoms with Crippen LogP contribution in [-0.2, 0) is 19.3 Å². The molecule has 128 valence electrons. The molecular weight excluding hydrogens is 310 g/mol. The van der Waals surface area contributed by atoms with Gasteiger partial charge in [0, 0.05) is 34.7 Å². The Kier molecular flexibility index (Phi) is 4.28. The molecule has 1 amide bonds. The minimum Gasteiger partial charge on any atom is -0.358 e. The van der Waals surface area contributed by atoms with Crippen molar-refractivity contribution in [1.82, 2.24) is 10.3 Å². The minimum atomic E-state index is -0.0205. The number of rotatable bonds is 4. The van der Waals surface area contributed by atoms with E-state index in [9.17, 15) is 4.79 Å². The number of carbonyl (C=O) groups is 1. The zero-order chi connectivity index (χ0) is 17.2. The predicted octanol–water partition coefficient (Wildman–Crippen LogP) is 2.96. The van der Waals surface area contributed by atoms with Crippen LogP contribution in [0.1, 0.15) is 33.6 Å². The Morgan fingerprint density at radius 3 is 2.88 bits per heavy atom. The third-order valence-corrected chi connectivity index (χ3v) is 5.03. The maximum atomic E-state index is 12.5. The molecule has 0 spiro atoms. The largest absolute Gasteiger partial charge is 0.358 e. The number of nitrogens with two attached hydrogens (primary N) is 1. The smallest absolute Gasteiger partial charge is 0.251 e. The minimum absolute atomic E-state index is 0.0205. The van der Waals surface area contributed by atoms with E-state index in [2.05, 4.69) is 22.4 Å². The van der Waals surface area contributed by atoms with Crippen LogP contribution in [0.15, 0.2) is 48.5 Å². The van der Waals surface area contributed by atoms with Gasteiger partial charge in [0.05, 0.1) is 0 Å². The molecular formula is C21H23N3O. The molecule has 1 unspecified atom stereocenters. The molecule has 1 aliphatic rings. The summed E-state index contributed by atoms with van der Waals surface area (Å²) in [4.78, 5) is 16.0. The highest BCUT2D eigenvalue weighted by molar-refractivity contribution is 5.99. The average Bonchev–Trinajstić information content (AvgIpc) is 2.99. The van der Waals surface area contributed by atoms with Gasteiger partial charge >= 0.3 is 0 Å². The second-order valence-electron chi connectivity index (χ2n) is 6.84. The number of H-pyrrole nitrogens is 1. The van der Waals surface area contributed by atoms with Gasteiger partial charge in [-0.05, 0) is 55.0 Å². The van der Waals surface area contributed by atoms with E-state index in [1.807, 2.05) is 36.4 Å². The molecule has 25 heavy (non-hydrogen) atoms. The van der Waals surface area contributed by atoms with E-state index in [-0.39, 0.29) is 11.9 Å². The van der Waals surface area contributed by atoms with Crippen molar-refractivity contribution in [2.45, 2.75) is 31.7 Å². The Hall–Kier alpha value is -2.59. The Balaban J connectivity index is 1.49. The number of aryl methyl sites for hydroxylation is 1. The van der Waals surface area contributed by atoms with Crippen LogP contribution in [0.4, 0.5) is 0 Å². The van der Waals surface area contributed by atoms with E-state index in [4.69, 9.17) is 5.73 Å². The average molecular weight is 333 g/mol. The number of benzene rings is 2. The summed E-state index contributed by atoms with van der Waals surface area (Å²) in [6, 6.07) is 16.3. The zero-order valence-corrected chi connectivity index (χ0v) is 14.2. The molecule has 1 aromatic heterocycles. The lowest BCUT2D eigenvalue weighted by Crippen LogP contribution is -2.27. The molecule has 4 N–H and O–H groups in total. The highest BCUT2D eigenvalue weighted by Gasteiger charge is 2.20. The first kappa shape index (κ1) is 15.9. The van der Waals surface area contributed by atoms with E-state index in [1.165, 1.54) is 16.8 Å². The molecule has 0 aliphatic heterocycles. The summed E-state index contributed by atoms with van der Waals surface area (Å²) in [5.41, 5.74) is 11.7. The van der Waals surface area contributed by atoms with Crippen molar-refractivity contribution < 1.29 is 4.79 Å². The first-order valence-electron chi connectivity index (χ1n) is 8.92. The maximum absolute atomic E-state index is 12.5. The summed E-state index contributed by atoms with van der Waals surface area (Å²) in [5, 5.41) is 4.16. The molecule has 4 nitrogen and oxygen atoms in total. The fourth-order valence-electron chi connectivity index (χ4n) is 3.65. The molecule has 0 fully saturated rings. The molecule has 0 radical (unpaired) electrons. The van der Waals surface area contributed by atoms with E-state index >= 15 is 0 Å². The van der Waals surface area contributed by atoms with Crippen LogP contribution in [-0.4, -0.2) is 23.5 Å². The summed E-state index contributed by atoms with van der Waals surface area (Å²) < 4.78 is 0. The normalized spacial score (nSPS) is 16.6. The highest BCUT2D eigenvalue weighted by atomic mass is 16.1. The third kappa shape index (κ3) is 3.30. The van der Waals surface area contributed by atoms with Crippen molar-refractivity contribution in [3.63, 3.8) is 0 Å². The van der Waals surface area contributed by atoms with Crippen molar-refractivity contribution in [3.05, 3.63) is 70.9 Å². The first-order valence-corrected chi connectivity index (χ1v) is 8.92. The lowest BCUT2D eigenvalue weighted by molar-refractivity contribution is 0.0954. The second-order valence-corrected chi connectivity index (χ2v) is 6.84. The van der Waals surface area contributed by atoms with Crippen LogP contribution < -0.4 is 11.1 Å². The number of nitrogens with one attached hydrogen (secondary N) is 2. The van der Waals surface area contributed by atoms with Gasteiger partial charge < -0.3 is 16.0 Å². The molecule has 2 aromatic carbocycles. The van der Waals surface area contributed by atoms with Crippen LogP contribution in [0, 0.1) is 0 Å². The number of hydrogen-bond acceptors (Lipinski definition) is 2. The SMILES string of the molecule is NC1CCc2[nH]c3ccc(C(=O)NCCc4ccccc4)cc3c2C1. The summed E-state index contributed by atoms with van der Waals surface area (Å²) >= 11 is 0. The van der Waals surface area contributed by atoms with Crippen LogP contribution >= 0.6 is 0 Å². The third-order valence-electron chi connectivity index (χ3n) is 5.03. The van der Waals surface area contributed by atoms with E-state index in [0.29, 0.717) is 12.1 Å². The second kappa shape index (κ2) is 6.73. The summed E-state index contributed by atoms with van der Waals surface area (Å²) in [5.74, 6) is -0.0205. The van der Waals surface area contributed by atoms with Crippen LogP contribution in [0.25, 0.3) is 10.9 Å². The van der Waals surface area contributed by atoms with Crippen molar-refractivity contribution in [1.29, 1.82) is 0 Å². The summed E-state index contributed by atoms with van der Waals surface area (Å²) in [7, 11) is 0. The van der Waals surface area contributed by atoms with Gasteiger partial charge in [-0.3, -0.25) is 4.79 Å². The van der Waals surface area contributed by atoms with Gasteiger partial charge in [0.15, 0.2) is 0 Å². The molecule has 0 bridgehead atoms. The van der Waals surface area contributed by atoms with E-state index in [0.717, 1.165) is 36.6 Å². The predicted molar refractivity (Wildman–Crippen MR) is 101 cm³/mol. The first-order chi connectivity index (χ1) is 12.2. The van der Waals surface area contributed by atoms with Gasteiger partial charge in [-0.25, -0.2) is 0 Å². The van der Waals surface area contributed by atoms with Gasteiger partial charge in [0.1, 0.15) is 0 Å². The van der Waals surface area contributed by atoms with Gasteiger partial charge in [-0.1, -0.05) is 30.3 Å². The van der Waals surface area contributed by atoms with E-state index < -0.39 is 0 Å². The molecule has 4 heteroatoms. The lowest BCUT2D eigenvalue weighted by atomic mass is 9.92. The Bertz CT molecular complexity index is 898. The molecule has 1 heterocycles. The van der Waals surface area contributed by atoms with Gasteiger partial charge in [0.2, 0.25) is 0 Å². The molecule has 1 aliphatic carbocycles. The number of fused-ring (bicyclic) bond motifs is 3. The summed E-state index contributed by atoms with van der Waals surface area (Å²) in [6.45, 7) is 0.636.